The zero-order chi connectivity index (χ0) is 28.5. The Morgan fingerprint density at radius 1 is 0.897 bits per heavy atom. The Morgan fingerprint density at radius 3 is 2.13 bits per heavy atom. The molecular weight excluding hydrogens is 482 g/mol. The summed E-state index contributed by atoms with van der Waals surface area (Å²) in [6.07, 6.45) is 14.7. The van der Waals surface area contributed by atoms with Crippen LogP contribution in [0, 0.1) is 12.3 Å². The number of pyridine rings is 1. The standard InChI is InChI=1S/C34H51N3O2/c1-8-9-10-11-12-13-14-15-16-17-30(38)39-28-20-18-27(19-21-28)31-32(36-34(6,7)25-33(3,4)5)37-23-22-26(2)24-29(37)35-31/h18-24,36H,8-17,25H2,1-7H3. The van der Waals surface area contributed by atoms with E-state index in [2.05, 4.69) is 76.5 Å². The molecule has 0 aliphatic carbocycles. The van der Waals surface area contributed by atoms with Crippen molar-refractivity contribution in [2.45, 2.75) is 125 Å². The number of ether oxygens (including phenoxy) is 1. The SMILES string of the molecule is CCCCCCCCCCCC(=O)Oc1ccc(-c2nc3cc(C)ccn3c2NC(C)(C)CC(C)(C)C)cc1. The lowest BCUT2D eigenvalue weighted by atomic mass is 9.82. The molecule has 2 heterocycles. The van der Waals surface area contributed by atoms with Crippen molar-refractivity contribution in [2.75, 3.05) is 5.32 Å². The second-order valence-electron chi connectivity index (χ2n) is 13.1. The number of aromatic nitrogens is 2. The molecule has 5 nitrogen and oxygen atoms in total. The third kappa shape index (κ3) is 10.0. The minimum absolute atomic E-state index is 0.127. The van der Waals surface area contributed by atoms with Crippen molar-refractivity contribution in [1.29, 1.82) is 0 Å². The fraction of sp³-hybridized carbons (Fsp3) is 0.588. The van der Waals surface area contributed by atoms with Gasteiger partial charge in [0.1, 0.15) is 22.9 Å². The zero-order valence-corrected chi connectivity index (χ0v) is 25.5. The summed E-state index contributed by atoms with van der Waals surface area (Å²) in [5.41, 5.74) is 4.04. The number of unbranched alkanes of at least 4 members (excludes halogenated alkanes) is 8. The van der Waals surface area contributed by atoms with Crippen LogP contribution in [0.2, 0.25) is 0 Å². The van der Waals surface area contributed by atoms with Gasteiger partial charge in [0.05, 0.1) is 0 Å². The summed E-state index contributed by atoms with van der Waals surface area (Å²) < 4.78 is 7.77. The van der Waals surface area contributed by atoms with Gasteiger partial charge in [0, 0.05) is 23.7 Å². The average Bonchev–Trinajstić information content (AvgIpc) is 3.18. The number of benzene rings is 1. The number of nitrogens with zero attached hydrogens (tertiary/aromatic N) is 2. The number of esters is 1. The first kappa shape index (κ1) is 30.7. The summed E-state index contributed by atoms with van der Waals surface area (Å²) in [5.74, 6) is 1.41. The highest BCUT2D eigenvalue weighted by molar-refractivity contribution is 5.78. The summed E-state index contributed by atoms with van der Waals surface area (Å²) >= 11 is 0. The highest BCUT2D eigenvalue weighted by atomic mass is 16.5. The molecule has 0 saturated heterocycles. The lowest BCUT2D eigenvalue weighted by molar-refractivity contribution is -0.134. The van der Waals surface area contributed by atoms with Gasteiger partial charge in [-0.15, -0.1) is 0 Å². The summed E-state index contributed by atoms with van der Waals surface area (Å²) in [7, 11) is 0. The van der Waals surface area contributed by atoms with Crippen molar-refractivity contribution >= 4 is 17.4 Å². The van der Waals surface area contributed by atoms with E-state index in [4.69, 9.17) is 9.72 Å². The molecule has 0 aliphatic heterocycles. The molecule has 0 saturated carbocycles. The van der Waals surface area contributed by atoms with Gasteiger partial charge in [0.25, 0.3) is 0 Å². The number of carbonyl (C=O) groups excluding carboxylic acids is 1. The fourth-order valence-corrected chi connectivity index (χ4v) is 5.60. The Bertz CT molecular complexity index is 1190. The Balaban J connectivity index is 1.62. The number of rotatable bonds is 15. The minimum Gasteiger partial charge on any atom is -0.427 e. The lowest BCUT2D eigenvalue weighted by Gasteiger charge is -2.34. The van der Waals surface area contributed by atoms with E-state index < -0.39 is 0 Å². The molecule has 0 unspecified atom stereocenters. The van der Waals surface area contributed by atoms with Crippen LogP contribution in [0.4, 0.5) is 5.82 Å². The quantitative estimate of drug-likeness (QED) is 0.120. The lowest BCUT2D eigenvalue weighted by Crippen LogP contribution is -2.36. The molecule has 0 atom stereocenters. The molecule has 3 rings (SSSR count). The van der Waals surface area contributed by atoms with Crippen LogP contribution < -0.4 is 10.1 Å². The molecule has 39 heavy (non-hydrogen) atoms. The van der Waals surface area contributed by atoms with E-state index in [-0.39, 0.29) is 16.9 Å². The van der Waals surface area contributed by atoms with Gasteiger partial charge in [0.2, 0.25) is 0 Å². The van der Waals surface area contributed by atoms with Gasteiger partial charge in [-0.1, -0.05) is 79.1 Å². The largest absolute Gasteiger partial charge is 0.427 e. The third-order valence-electron chi connectivity index (χ3n) is 7.05. The van der Waals surface area contributed by atoms with E-state index in [0.717, 1.165) is 42.0 Å². The summed E-state index contributed by atoms with van der Waals surface area (Å²) in [6, 6.07) is 12.0. The molecule has 5 heteroatoms. The maximum Gasteiger partial charge on any atom is 0.311 e. The Kier molecular flexibility index (Phi) is 11.0. The van der Waals surface area contributed by atoms with Crippen LogP contribution in [0.25, 0.3) is 16.9 Å². The van der Waals surface area contributed by atoms with Crippen LogP contribution in [-0.2, 0) is 4.79 Å². The second-order valence-corrected chi connectivity index (χ2v) is 13.1. The normalized spacial score (nSPS) is 12.2. The van der Waals surface area contributed by atoms with Crippen LogP contribution in [0.15, 0.2) is 42.6 Å². The number of aryl methyl sites for hydroxylation is 1. The van der Waals surface area contributed by atoms with Crippen LogP contribution in [0.3, 0.4) is 0 Å². The van der Waals surface area contributed by atoms with Crippen LogP contribution in [0.1, 0.15) is 118 Å². The van der Waals surface area contributed by atoms with E-state index in [1.807, 2.05) is 24.3 Å². The Morgan fingerprint density at radius 2 is 1.51 bits per heavy atom. The van der Waals surface area contributed by atoms with E-state index in [1.165, 1.54) is 50.5 Å². The van der Waals surface area contributed by atoms with Crippen molar-refractivity contribution in [1.82, 2.24) is 9.38 Å². The van der Waals surface area contributed by atoms with Gasteiger partial charge in [-0.3, -0.25) is 9.20 Å². The number of hydrogen-bond acceptors (Lipinski definition) is 4. The van der Waals surface area contributed by atoms with Crippen molar-refractivity contribution in [3.63, 3.8) is 0 Å². The van der Waals surface area contributed by atoms with Crippen molar-refractivity contribution in [3.8, 4) is 17.0 Å². The van der Waals surface area contributed by atoms with Gasteiger partial charge in [-0.05, 0) is 81.0 Å². The molecule has 1 N–H and O–H groups in total. The van der Waals surface area contributed by atoms with Crippen molar-refractivity contribution < 1.29 is 9.53 Å². The van der Waals surface area contributed by atoms with Crippen molar-refractivity contribution in [2.24, 2.45) is 5.41 Å². The van der Waals surface area contributed by atoms with Gasteiger partial charge < -0.3 is 10.1 Å². The fourth-order valence-electron chi connectivity index (χ4n) is 5.60. The number of nitrogens with one attached hydrogen (secondary N) is 1. The molecule has 1 aromatic carbocycles. The minimum atomic E-state index is -0.153. The molecule has 0 bridgehead atoms. The molecule has 3 aromatic rings. The number of hydrogen-bond donors (Lipinski definition) is 1. The Hall–Kier alpha value is -2.82. The summed E-state index contributed by atoms with van der Waals surface area (Å²) in [6.45, 7) is 15.6. The molecule has 0 amide bonds. The molecule has 214 valence electrons. The number of fused-ring (bicyclic) bond motifs is 1. The Labute approximate surface area is 236 Å². The monoisotopic (exact) mass is 533 g/mol. The zero-order valence-electron chi connectivity index (χ0n) is 25.5. The van der Waals surface area contributed by atoms with E-state index in [0.29, 0.717) is 12.2 Å². The number of carbonyl (C=O) groups is 1. The van der Waals surface area contributed by atoms with Crippen LogP contribution in [0.5, 0.6) is 5.75 Å². The number of anilines is 1. The molecule has 0 aliphatic rings. The van der Waals surface area contributed by atoms with E-state index in [9.17, 15) is 4.79 Å². The van der Waals surface area contributed by atoms with Crippen LogP contribution in [-0.4, -0.2) is 20.9 Å². The summed E-state index contributed by atoms with van der Waals surface area (Å²) in [5, 5.41) is 3.80. The van der Waals surface area contributed by atoms with E-state index >= 15 is 0 Å². The smallest absolute Gasteiger partial charge is 0.311 e. The van der Waals surface area contributed by atoms with Crippen molar-refractivity contribution in [3.05, 3.63) is 48.2 Å². The highest BCUT2D eigenvalue weighted by Crippen LogP contribution is 2.35. The summed E-state index contributed by atoms with van der Waals surface area (Å²) in [4.78, 5) is 17.4. The first-order valence-corrected chi connectivity index (χ1v) is 15.1. The second kappa shape index (κ2) is 14.0. The average molecular weight is 534 g/mol. The molecule has 0 radical (unpaired) electrons. The van der Waals surface area contributed by atoms with E-state index in [1.54, 1.807) is 0 Å². The van der Waals surface area contributed by atoms with Gasteiger partial charge in [-0.25, -0.2) is 4.98 Å². The van der Waals surface area contributed by atoms with Gasteiger partial charge in [0.15, 0.2) is 0 Å². The molecule has 0 fully saturated rings. The first-order chi connectivity index (χ1) is 18.5. The number of imidazole rings is 1. The van der Waals surface area contributed by atoms with Gasteiger partial charge in [-0.2, -0.15) is 0 Å². The maximum atomic E-state index is 12.4. The molecule has 0 spiro atoms. The molecule has 2 aromatic heterocycles. The van der Waals surface area contributed by atoms with Crippen LogP contribution >= 0.6 is 0 Å². The molecular formula is C34H51N3O2. The predicted molar refractivity (Wildman–Crippen MR) is 165 cm³/mol. The first-order valence-electron chi connectivity index (χ1n) is 15.1. The third-order valence-corrected chi connectivity index (χ3v) is 7.05. The van der Waals surface area contributed by atoms with Gasteiger partial charge >= 0.3 is 5.97 Å². The predicted octanol–water partition coefficient (Wildman–Crippen LogP) is 9.76. The highest BCUT2D eigenvalue weighted by Gasteiger charge is 2.28. The maximum absolute atomic E-state index is 12.4. The topological polar surface area (TPSA) is 55.6 Å².